The van der Waals surface area contributed by atoms with Crippen LogP contribution in [0.1, 0.15) is 20.3 Å². The summed E-state index contributed by atoms with van der Waals surface area (Å²) in [6.07, 6.45) is 6.23. The number of terminal acetylenes is 1. The second kappa shape index (κ2) is 6.45. The number of hydrogen-bond acceptors (Lipinski definition) is 1. The smallest absolute Gasteiger partial charge is 0.173 e. The van der Waals surface area contributed by atoms with Crippen LogP contribution >= 0.6 is 0 Å². The van der Waals surface area contributed by atoms with Gasteiger partial charge in [-0.1, -0.05) is 13.8 Å². The molecule has 2 unspecified atom stereocenters. The van der Waals surface area contributed by atoms with E-state index in [2.05, 4.69) is 26.3 Å². The summed E-state index contributed by atoms with van der Waals surface area (Å²) in [5.41, 5.74) is 0. The van der Waals surface area contributed by atoms with Gasteiger partial charge in [0, 0.05) is 12.5 Å². The van der Waals surface area contributed by atoms with Crippen molar-refractivity contribution in [3.05, 3.63) is 0 Å². The molecule has 0 heterocycles. The van der Waals surface area contributed by atoms with Gasteiger partial charge in [-0.05, 0) is 19.0 Å². The first kappa shape index (κ1) is 10.7. The maximum absolute atomic E-state index is 5.61. The summed E-state index contributed by atoms with van der Waals surface area (Å²) >= 11 is 0. The van der Waals surface area contributed by atoms with Crippen LogP contribution in [0.5, 0.6) is 0 Å². The molecule has 64 valence electrons. The lowest BCUT2D eigenvalue weighted by Gasteiger charge is -2.09. The third-order valence-corrected chi connectivity index (χ3v) is 3.77. The summed E-state index contributed by atoms with van der Waals surface area (Å²) in [6.45, 7) is 7.32. The van der Waals surface area contributed by atoms with E-state index in [0.717, 1.165) is 13.0 Å². The van der Waals surface area contributed by atoms with Crippen LogP contribution in [0.3, 0.4) is 0 Å². The van der Waals surface area contributed by atoms with Gasteiger partial charge in [0.15, 0.2) is 9.04 Å². The van der Waals surface area contributed by atoms with Crippen molar-refractivity contribution in [2.24, 2.45) is 5.92 Å². The largest absolute Gasteiger partial charge is 0.420 e. The summed E-state index contributed by atoms with van der Waals surface area (Å²) in [7, 11) is -0.820. The quantitative estimate of drug-likeness (QED) is 0.453. The lowest BCUT2D eigenvalue weighted by molar-refractivity contribution is 0.302. The Kier molecular flexibility index (Phi) is 6.29. The van der Waals surface area contributed by atoms with Crippen molar-refractivity contribution >= 4 is 9.04 Å². The first-order chi connectivity index (χ1) is 5.20. The van der Waals surface area contributed by atoms with Crippen LogP contribution in [0.4, 0.5) is 0 Å². The van der Waals surface area contributed by atoms with Crippen LogP contribution < -0.4 is 0 Å². The third-order valence-electron chi connectivity index (χ3n) is 1.81. The zero-order valence-corrected chi connectivity index (χ0v) is 8.92. The van der Waals surface area contributed by atoms with Crippen molar-refractivity contribution in [1.82, 2.24) is 0 Å². The van der Waals surface area contributed by atoms with Crippen LogP contribution in [-0.4, -0.2) is 15.6 Å². The molecule has 0 aliphatic rings. The lowest BCUT2D eigenvalue weighted by atomic mass is 10.1. The van der Waals surface area contributed by atoms with Gasteiger partial charge in [-0.2, -0.15) is 0 Å². The van der Waals surface area contributed by atoms with Gasteiger partial charge in [0.2, 0.25) is 0 Å². The van der Waals surface area contributed by atoms with Gasteiger partial charge in [-0.15, -0.1) is 12.3 Å². The Bertz CT molecular complexity index is 128. The summed E-state index contributed by atoms with van der Waals surface area (Å²) in [6, 6.07) is 1.21. The second-order valence-corrected chi connectivity index (χ2v) is 5.72. The molecule has 0 aliphatic carbocycles. The summed E-state index contributed by atoms with van der Waals surface area (Å²) in [5, 5.41) is 0. The van der Waals surface area contributed by atoms with Crippen molar-refractivity contribution in [3.8, 4) is 12.3 Å². The van der Waals surface area contributed by atoms with Crippen molar-refractivity contribution in [2.45, 2.75) is 32.9 Å². The van der Waals surface area contributed by atoms with E-state index in [9.17, 15) is 0 Å². The molecule has 0 saturated heterocycles. The van der Waals surface area contributed by atoms with Gasteiger partial charge in [0.05, 0.1) is 0 Å². The Morgan fingerprint density at radius 2 is 2.27 bits per heavy atom. The minimum absolute atomic E-state index is 0.369. The van der Waals surface area contributed by atoms with E-state index in [1.807, 2.05) is 0 Å². The fourth-order valence-corrected chi connectivity index (χ4v) is 1.42. The van der Waals surface area contributed by atoms with Gasteiger partial charge >= 0.3 is 0 Å². The Labute approximate surface area is 71.9 Å². The predicted molar refractivity (Wildman–Crippen MR) is 52.1 cm³/mol. The molecule has 0 bridgehead atoms. The summed E-state index contributed by atoms with van der Waals surface area (Å²) in [5.74, 6) is 3.06. The van der Waals surface area contributed by atoms with E-state index in [1.54, 1.807) is 0 Å². The van der Waals surface area contributed by atoms with E-state index in [4.69, 9.17) is 10.8 Å². The van der Waals surface area contributed by atoms with E-state index < -0.39 is 9.04 Å². The molecule has 0 radical (unpaired) electrons. The molecule has 0 aromatic heterocycles. The molecule has 1 nitrogen and oxygen atoms in total. The van der Waals surface area contributed by atoms with Crippen LogP contribution in [0.2, 0.25) is 12.6 Å². The first-order valence-corrected chi connectivity index (χ1v) is 6.72. The molecule has 0 N–H and O–H groups in total. The highest BCUT2D eigenvalue weighted by molar-refractivity contribution is 6.49. The molecule has 2 heteroatoms. The van der Waals surface area contributed by atoms with Crippen LogP contribution in [-0.2, 0) is 4.43 Å². The maximum atomic E-state index is 5.61. The van der Waals surface area contributed by atoms with Gasteiger partial charge < -0.3 is 4.43 Å². The van der Waals surface area contributed by atoms with Crippen LogP contribution in [0.15, 0.2) is 0 Å². The zero-order chi connectivity index (χ0) is 8.69. The number of hydrogen-bond donors (Lipinski definition) is 0. The van der Waals surface area contributed by atoms with E-state index in [1.165, 1.54) is 6.04 Å². The van der Waals surface area contributed by atoms with Crippen LogP contribution in [0.25, 0.3) is 0 Å². The average molecular weight is 170 g/mol. The molecule has 0 aromatic rings. The van der Waals surface area contributed by atoms with E-state index in [-0.39, 0.29) is 0 Å². The van der Waals surface area contributed by atoms with E-state index >= 15 is 0 Å². The minimum Gasteiger partial charge on any atom is -0.420 e. The lowest BCUT2D eigenvalue weighted by Crippen LogP contribution is -2.13. The Balaban J connectivity index is 3.21. The highest BCUT2D eigenvalue weighted by atomic mass is 28.3. The molecule has 2 atom stereocenters. The summed E-state index contributed by atoms with van der Waals surface area (Å²) < 4.78 is 5.61. The molecule has 0 fully saturated rings. The van der Waals surface area contributed by atoms with E-state index in [0.29, 0.717) is 5.92 Å². The topological polar surface area (TPSA) is 9.23 Å². The van der Waals surface area contributed by atoms with Gasteiger partial charge in [0.1, 0.15) is 0 Å². The monoisotopic (exact) mass is 170 g/mol. The highest BCUT2D eigenvalue weighted by Gasteiger charge is 2.01. The standard InChI is InChI=1S/C9H18OSi/c1-5-9(3)7-8-10-11(4)6-2/h1,9,11H,6-8H2,2-4H3. The molecule has 0 spiro atoms. The second-order valence-electron chi connectivity index (χ2n) is 2.95. The highest BCUT2D eigenvalue weighted by Crippen LogP contribution is 2.01. The first-order valence-electron chi connectivity index (χ1n) is 4.28. The molecule has 0 amide bonds. The molecule has 0 saturated carbocycles. The van der Waals surface area contributed by atoms with Crippen molar-refractivity contribution < 1.29 is 4.43 Å². The maximum Gasteiger partial charge on any atom is 0.173 e. The third kappa shape index (κ3) is 6.15. The minimum atomic E-state index is -0.820. The van der Waals surface area contributed by atoms with Crippen molar-refractivity contribution in [2.75, 3.05) is 6.61 Å². The average Bonchev–Trinajstić information content (AvgIpc) is 2.04. The number of rotatable bonds is 5. The molecule has 0 rings (SSSR count). The predicted octanol–water partition coefficient (Wildman–Crippen LogP) is 2.04. The van der Waals surface area contributed by atoms with Crippen molar-refractivity contribution in [3.63, 3.8) is 0 Å². The molecular formula is C9H18OSi. The SMILES string of the molecule is C#CC(C)CCO[SiH](C)CC. The van der Waals surface area contributed by atoms with Gasteiger partial charge in [-0.25, -0.2) is 0 Å². The molecular weight excluding hydrogens is 152 g/mol. The van der Waals surface area contributed by atoms with Gasteiger partial charge in [0.25, 0.3) is 0 Å². The zero-order valence-electron chi connectivity index (χ0n) is 7.76. The normalized spacial score (nSPS) is 15.5. The Morgan fingerprint density at radius 3 is 2.73 bits per heavy atom. The molecule has 0 aliphatic heterocycles. The molecule has 0 aromatic carbocycles. The summed E-state index contributed by atoms with van der Waals surface area (Å²) in [4.78, 5) is 0. The fourth-order valence-electron chi connectivity index (χ4n) is 0.647. The Morgan fingerprint density at radius 1 is 1.64 bits per heavy atom. The van der Waals surface area contributed by atoms with Gasteiger partial charge in [-0.3, -0.25) is 0 Å². The van der Waals surface area contributed by atoms with Crippen LogP contribution in [0, 0.1) is 18.3 Å². The molecule has 11 heavy (non-hydrogen) atoms. The Hall–Kier alpha value is -0.263. The van der Waals surface area contributed by atoms with Crippen molar-refractivity contribution in [1.29, 1.82) is 0 Å². The fraction of sp³-hybridized carbons (Fsp3) is 0.778.